The third-order valence-electron chi connectivity index (χ3n) is 2.27. The lowest BCUT2D eigenvalue weighted by atomic mass is 10.0. The van der Waals surface area contributed by atoms with Gasteiger partial charge in [-0.15, -0.1) is 0 Å². The fourth-order valence-electron chi connectivity index (χ4n) is 1.39. The van der Waals surface area contributed by atoms with Gasteiger partial charge in [0.05, 0.1) is 13.5 Å². The van der Waals surface area contributed by atoms with Crippen molar-refractivity contribution < 1.29 is 14.3 Å². The van der Waals surface area contributed by atoms with Crippen LogP contribution in [0.4, 0.5) is 0 Å². The molecule has 3 nitrogen and oxygen atoms in total. The number of ketones is 1. The molecule has 1 aromatic carbocycles. The van der Waals surface area contributed by atoms with Crippen LogP contribution in [0.25, 0.3) is 0 Å². The monoisotopic (exact) mass is 284 g/mol. The summed E-state index contributed by atoms with van der Waals surface area (Å²) in [6, 6.07) is 5.46. The summed E-state index contributed by atoms with van der Waals surface area (Å²) in [5, 5.41) is 0. The van der Waals surface area contributed by atoms with Gasteiger partial charge in [-0.25, -0.2) is 0 Å². The number of Topliss-reactive ketones (excluding diaryl/α,β-unsaturated/α-hetero) is 1. The third-order valence-corrected chi connectivity index (χ3v) is 2.77. The Balaban J connectivity index is 2.70. The summed E-state index contributed by atoms with van der Waals surface area (Å²) in [6.45, 7) is 1.87. The van der Waals surface area contributed by atoms with Crippen LogP contribution in [0.3, 0.4) is 0 Å². The number of carbonyl (C=O) groups excluding carboxylic acids is 2. The predicted octanol–water partition coefficient (Wildman–Crippen LogP) is 2.89. The van der Waals surface area contributed by atoms with Crippen molar-refractivity contribution in [2.75, 3.05) is 7.11 Å². The fraction of sp³-hybridized carbons (Fsp3) is 0.333. The Kier molecular flexibility index (Phi) is 4.68. The van der Waals surface area contributed by atoms with E-state index in [9.17, 15) is 9.59 Å². The zero-order chi connectivity index (χ0) is 12.1. The number of hydrogen-bond acceptors (Lipinski definition) is 3. The standard InChI is InChI=1S/C12H13BrO3/c1-8-7-9(13)3-4-10(8)11(14)5-6-12(15)16-2/h3-4,7H,5-6H2,1-2H3. The molecule has 0 saturated carbocycles. The maximum absolute atomic E-state index is 11.8. The quantitative estimate of drug-likeness (QED) is 0.631. The number of ether oxygens (including phenoxy) is 1. The zero-order valence-corrected chi connectivity index (χ0v) is 10.8. The molecule has 16 heavy (non-hydrogen) atoms. The smallest absolute Gasteiger partial charge is 0.305 e. The Morgan fingerprint density at radius 3 is 2.56 bits per heavy atom. The molecule has 0 spiro atoms. The lowest BCUT2D eigenvalue weighted by molar-refractivity contribution is -0.140. The van der Waals surface area contributed by atoms with E-state index in [1.165, 1.54) is 7.11 Å². The highest BCUT2D eigenvalue weighted by atomic mass is 79.9. The normalized spacial score (nSPS) is 9.94. The summed E-state index contributed by atoms with van der Waals surface area (Å²) in [5.41, 5.74) is 1.57. The van der Waals surface area contributed by atoms with Gasteiger partial charge in [0.1, 0.15) is 0 Å². The molecule has 0 atom stereocenters. The van der Waals surface area contributed by atoms with E-state index < -0.39 is 0 Å². The predicted molar refractivity (Wildman–Crippen MR) is 64.5 cm³/mol. The Hall–Kier alpha value is -1.16. The molecule has 0 bridgehead atoms. The van der Waals surface area contributed by atoms with Crippen molar-refractivity contribution in [1.29, 1.82) is 0 Å². The second kappa shape index (κ2) is 5.80. The van der Waals surface area contributed by atoms with Gasteiger partial charge in [0, 0.05) is 16.5 Å². The van der Waals surface area contributed by atoms with Gasteiger partial charge in [0.15, 0.2) is 5.78 Å². The van der Waals surface area contributed by atoms with Crippen molar-refractivity contribution in [3.05, 3.63) is 33.8 Å². The average Bonchev–Trinajstić information content (AvgIpc) is 2.25. The maximum atomic E-state index is 11.8. The summed E-state index contributed by atoms with van der Waals surface area (Å²) >= 11 is 3.33. The first-order valence-electron chi connectivity index (χ1n) is 4.90. The Bertz CT molecular complexity index is 413. The first-order chi connectivity index (χ1) is 7.54. The second-order valence-electron chi connectivity index (χ2n) is 3.46. The molecule has 0 aromatic heterocycles. The summed E-state index contributed by atoms with van der Waals surface area (Å²) in [5.74, 6) is -0.390. The SMILES string of the molecule is COC(=O)CCC(=O)c1ccc(Br)cc1C. The highest BCUT2D eigenvalue weighted by molar-refractivity contribution is 9.10. The van der Waals surface area contributed by atoms with Crippen molar-refractivity contribution in [2.45, 2.75) is 19.8 Å². The Morgan fingerprint density at radius 2 is 2.00 bits per heavy atom. The van der Waals surface area contributed by atoms with Crippen molar-refractivity contribution in [3.63, 3.8) is 0 Å². The largest absolute Gasteiger partial charge is 0.469 e. The van der Waals surface area contributed by atoms with Gasteiger partial charge in [0.25, 0.3) is 0 Å². The lowest BCUT2D eigenvalue weighted by Crippen LogP contribution is -2.07. The van der Waals surface area contributed by atoms with E-state index in [-0.39, 0.29) is 24.6 Å². The van der Waals surface area contributed by atoms with Crippen LogP contribution in [0.1, 0.15) is 28.8 Å². The molecule has 0 fully saturated rings. The molecule has 0 N–H and O–H groups in total. The number of esters is 1. The maximum Gasteiger partial charge on any atom is 0.305 e. The second-order valence-corrected chi connectivity index (χ2v) is 4.37. The summed E-state index contributed by atoms with van der Waals surface area (Å²) < 4.78 is 5.43. The summed E-state index contributed by atoms with van der Waals surface area (Å²) in [7, 11) is 1.32. The van der Waals surface area contributed by atoms with Crippen LogP contribution < -0.4 is 0 Å². The fourth-order valence-corrected chi connectivity index (χ4v) is 1.87. The van der Waals surface area contributed by atoms with Gasteiger partial charge < -0.3 is 4.74 Å². The Labute approximate surface area is 103 Å². The molecule has 1 aromatic rings. The van der Waals surface area contributed by atoms with Crippen LogP contribution in [-0.4, -0.2) is 18.9 Å². The highest BCUT2D eigenvalue weighted by Gasteiger charge is 2.11. The van der Waals surface area contributed by atoms with Crippen LogP contribution in [0.2, 0.25) is 0 Å². The molecule has 0 radical (unpaired) electrons. The number of halogens is 1. The molecule has 0 aliphatic rings. The molecular weight excluding hydrogens is 272 g/mol. The molecule has 4 heteroatoms. The molecule has 1 rings (SSSR count). The number of hydrogen-bond donors (Lipinski definition) is 0. The van der Waals surface area contributed by atoms with Crippen LogP contribution in [0.5, 0.6) is 0 Å². The first-order valence-corrected chi connectivity index (χ1v) is 5.70. The van der Waals surface area contributed by atoms with Crippen molar-refractivity contribution in [1.82, 2.24) is 0 Å². The minimum atomic E-state index is -0.358. The minimum absolute atomic E-state index is 0.0320. The first kappa shape index (κ1) is 12.9. The van der Waals surface area contributed by atoms with E-state index >= 15 is 0 Å². The number of benzene rings is 1. The van der Waals surface area contributed by atoms with Gasteiger partial charge in [-0.2, -0.15) is 0 Å². The molecule has 0 unspecified atom stereocenters. The van der Waals surface area contributed by atoms with Gasteiger partial charge in [-0.05, 0) is 24.6 Å². The van der Waals surface area contributed by atoms with Crippen molar-refractivity contribution >= 4 is 27.7 Å². The van der Waals surface area contributed by atoms with E-state index in [1.54, 1.807) is 6.07 Å². The van der Waals surface area contributed by atoms with Crippen LogP contribution in [0, 0.1) is 6.92 Å². The zero-order valence-electron chi connectivity index (χ0n) is 9.25. The van der Waals surface area contributed by atoms with E-state index in [4.69, 9.17) is 0 Å². The number of aryl methyl sites for hydroxylation is 1. The molecule has 0 heterocycles. The van der Waals surface area contributed by atoms with E-state index in [2.05, 4.69) is 20.7 Å². The highest BCUT2D eigenvalue weighted by Crippen LogP contribution is 2.17. The molecule has 0 amide bonds. The molecule has 0 saturated heterocycles. The topological polar surface area (TPSA) is 43.4 Å². The van der Waals surface area contributed by atoms with Gasteiger partial charge in [-0.1, -0.05) is 22.0 Å². The van der Waals surface area contributed by atoms with E-state index in [1.807, 2.05) is 19.1 Å². The van der Waals surface area contributed by atoms with E-state index in [0.717, 1.165) is 10.0 Å². The number of rotatable bonds is 4. The van der Waals surface area contributed by atoms with Crippen LogP contribution in [-0.2, 0) is 9.53 Å². The minimum Gasteiger partial charge on any atom is -0.469 e. The number of carbonyl (C=O) groups is 2. The van der Waals surface area contributed by atoms with Crippen LogP contribution in [0.15, 0.2) is 22.7 Å². The molecule has 0 aliphatic heterocycles. The third kappa shape index (κ3) is 3.45. The lowest BCUT2D eigenvalue weighted by Gasteiger charge is -2.04. The summed E-state index contributed by atoms with van der Waals surface area (Å²) in [6.07, 6.45) is 0.319. The van der Waals surface area contributed by atoms with Gasteiger partial charge in [0.2, 0.25) is 0 Å². The van der Waals surface area contributed by atoms with Crippen molar-refractivity contribution in [2.24, 2.45) is 0 Å². The number of methoxy groups -OCH3 is 1. The summed E-state index contributed by atoms with van der Waals surface area (Å²) in [4.78, 5) is 22.7. The average molecular weight is 285 g/mol. The Morgan fingerprint density at radius 1 is 1.31 bits per heavy atom. The van der Waals surface area contributed by atoms with Crippen LogP contribution >= 0.6 is 15.9 Å². The van der Waals surface area contributed by atoms with E-state index in [0.29, 0.717) is 5.56 Å². The molecule has 86 valence electrons. The molecular formula is C12H13BrO3. The molecule has 0 aliphatic carbocycles. The van der Waals surface area contributed by atoms with Gasteiger partial charge in [-0.3, -0.25) is 9.59 Å². The van der Waals surface area contributed by atoms with Crippen molar-refractivity contribution in [3.8, 4) is 0 Å². The van der Waals surface area contributed by atoms with Gasteiger partial charge >= 0.3 is 5.97 Å².